The highest BCUT2D eigenvalue weighted by atomic mass is 19.2. The summed E-state index contributed by atoms with van der Waals surface area (Å²) in [5.41, 5.74) is 5.40. The van der Waals surface area contributed by atoms with Crippen LogP contribution in [-0.2, 0) is 6.42 Å². The first-order valence-electron chi connectivity index (χ1n) is 4.91. The summed E-state index contributed by atoms with van der Waals surface area (Å²) in [5, 5.41) is 0. The normalized spacial score (nSPS) is 10.8. The lowest BCUT2D eigenvalue weighted by molar-refractivity contribution is 0.446. The zero-order valence-electron chi connectivity index (χ0n) is 8.71. The number of nitrogens with two attached hydrogens (primary N) is 1. The highest BCUT2D eigenvalue weighted by Crippen LogP contribution is 2.24. The van der Waals surface area contributed by atoms with Gasteiger partial charge in [0.15, 0.2) is 29.1 Å². The molecule has 0 fully saturated rings. The van der Waals surface area contributed by atoms with E-state index in [1.165, 1.54) is 6.20 Å². The third-order valence-electron chi connectivity index (χ3n) is 2.18. The molecule has 90 valence electrons. The van der Waals surface area contributed by atoms with Gasteiger partial charge in [-0.2, -0.15) is 0 Å². The van der Waals surface area contributed by atoms with Crippen molar-refractivity contribution in [2.24, 2.45) is 5.73 Å². The summed E-state index contributed by atoms with van der Waals surface area (Å²) < 4.78 is 43.9. The Kier molecular flexibility index (Phi) is 3.14. The molecule has 0 radical (unpaired) electrons. The highest BCUT2D eigenvalue weighted by Gasteiger charge is 2.14. The van der Waals surface area contributed by atoms with Crippen molar-refractivity contribution >= 4 is 0 Å². The van der Waals surface area contributed by atoms with E-state index in [1.807, 2.05) is 0 Å². The second-order valence-electron chi connectivity index (χ2n) is 3.41. The first-order valence-corrected chi connectivity index (χ1v) is 4.91. The molecule has 0 aliphatic heterocycles. The van der Waals surface area contributed by atoms with Crippen molar-refractivity contribution in [1.29, 1.82) is 0 Å². The Balaban J connectivity index is 2.39. The van der Waals surface area contributed by atoms with Gasteiger partial charge in [-0.25, -0.2) is 18.2 Å². The summed E-state index contributed by atoms with van der Waals surface area (Å²) in [4.78, 5) is 3.88. The second kappa shape index (κ2) is 4.58. The third kappa shape index (κ3) is 2.31. The molecule has 0 spiro atoms. The van der Waals surface area contributed by atoms with Crippen LogP contribution >= 0.6 is 0 Å². The van der Waals surface area contributed by atoms with Crippen molar-refractivity contribution in [3.63, 3.8) is 0 Å². The average Bonchev–Trinajstić information content (AvgIpc) is 2.74. The molecule has 0 aliphatic rings. The maximum absolute atomic E-state index is 13.0. The van der Waals surface area contributed by atoms with Gasteiger partial charge < -0.3 is 10.2 Å². The molecule has 0 bridgehead atoms. The molecular weight excluding hydrogens is 233 g/mol. The lowest BCUT2D eigenvalue weighted by atomic mass is 10.1. The van der Waals surface area contributed by atoms with E-state index < -0.39 is 17.5 Å². The summed E-state index contributed by atoms with van der Waals surface area (Å²) in [6, 6.07) is 1.70. The fourth-order valence-electron chi connectivity index (χ4n) is 1.38. The monoisotopic (exact) mass is 242 g/mol. The Morgan fingerprint density at radius 1 is 1.18 bits per heavy atom. The maximum atomic E-state index is 13.0. The quantitative estimate of drug-likeness (QED) is 0.840. The molecular formula is C11H9F3N2O. The third-order valence-corrected chi connectivity index (χ3v) is 2.18. The van der Waals surface area contributed by atoms with Crippen molar-refractivity contribution in [2.45, 2.75) is 6.42 Å². The Morgan fingerprint density at radius 3 is 2.41 bits per heavy atom. The van der Waals surface area contributed by atoms with E-state index in [2.05, 4.69) is 4.98 Å². The van der Waals surface area contributed by atoms with E-state index >= 15 is 0 Å². The Bertz CT molecular complexity index is 516. The van der Waals surface area contributed by atoms with Crippen LogP contribution in [0.1, 0.15) is 5.89 Å². The molecule has 1 aromatic carbocycles. The van der Waals surface area contributed by atoms with Crippen LogP contribution in [0.25, 0.3) is 11.3 Å². The van der Waals surface area contributed by atoms with Crippen LogP contribution in [0.2, 0.25) is 0 Å². The van der Waals surface area contributed by atoms with Gasteiger partial charge in [0, 0.05) is 18.5 Å². The minimum atomic E-state index is -1.50. The minimum absolute atomic E-state index is 0.0946. The Hall–Kier alpha value is -1.82. The van der Waals surface area contributed by atoms with Gasteiger partial charge in [0.1, 0.15) is 0 Å². The molecule has 0 atom stereocenters. The minimum Gasteiger partial charge on any atom is -0.441 e. The zero-order valence-corrected chi connectivity index (χ0v) is 8.71. The molecule has 1 heterocycles. The topological polar surface area (TPSA) is 52.0 Å². The lowest BCUT2D eigenvalue weighted by Gasteiger charge is -1.99. The van der Waals surface area contributed by atoms with E-state index in [4.69, 9.17) is 10.2 Å². The van der Waals surface area contributed by atoms with Gasteiger partial charge in [-0.05, 0) is 12.1 Å². The predicted octanol–water partition coefficient (Wildman–Crippen LogP) is 2.26. The van der Waals surface area contributed by atoms with E-state index in [9.17, 15) is 13.2 Å². The predicted molar refractivity (Wildman–Crippen MR) is 54.6 cm³/mol. The molecule has 2 aromatic rings. The van der Waals surface area contributed by atoms with Crippen molar-refractivity contribution in [2.75, 3.05) is 6.54 Å². The Labute approximate surface area is 95.1 Å². The first-order chi connectivity index (χ1) is 8.11. The smallest absolute Gasteiger partial charge is 0.196 e. The van der Waals surface area contributed by atoms with E-state index in [0.29, 0.717) is 18.9 Å². The van der Waals surface area contributed by atoms with E-state index in [1.54, 1.807) is 0 Å². The molecule has 3 nitrogen and oxygen atoms in total. The molecule has 0 saturated heterocycles. The molecule has 1 aromatic heterocycles. The number of aromatic nitrogens is 1. The molecule has 2 rings (SSSR count). The molecule has 6 heteroatoms. The van der Waals surface area contributed by atoms with Crippen LogP contribution in [-0.4, -0.2) is 11.5 Å². The number of oxazole rings is 1. The number of hydrogen-bond donors (Lipinski definition) is 1. The molecule has 0 saturated carbocycles. The van der Waals surface area contributed by atoms with Crippen LogP contribution in [0.4, 0.5) is 13.2 Å². The van der Waals surface area contributed by atoms with Gasteiger partial charge in [0.2, 0.25) is 0 Å². The first kappa shape index (κ1) is 11.7. The molecule has 17 heavy (non-hydrogen) atoms. The number of benzene rings is 1. The van der Waals surface area contributed by atoms with Gasteiger partial charge in [-0.3, -0.25) is 0 Å². The van der Waals surface area contributed by atoms with E-state index in [-0.39, 0.29) is 11.3 Å². The number of hydrogen-bond acceptors (Lipinski definition) is 3. The lowest BCUT2D eigenvalue weighted by Crippen LogP contribution is -2.02. The van der Waals surface area contributed by atoms with E-state index in [0.717, 1.165) is 12.1 Å². The van der Waals surface area contributed by atoms with Gasteiger partial charge in [-0.15, -0.1) is 0 Å². The van der Waals surface area contributed by atoms with Crippen molar-refractivity contribution < 1.29 is 17.6 Å². The SMILES string of the molecule is NCCc1ncc(-c2cc(F)c(F)c(F)c2)o1. The summed E-state index contributed by atoms with van der Waals surface area (Å²) in [5.74, 6) is -3.50. The summed E-state index contributed by atoms with van der Waals surface area (Å²) in [6.45, 7) is 0.353. The number of halogens is 3. The summed E-state index contributed by atoms with van der Waals surface area (Å²) in [7, 11) is 0. The van der Waals surface area contributed by atoms with Crippen LogP contribution < -0.4 is 5.73 Å². The van der Waals surface area contributed by atoms with Crippen LogP contribution in [0.5, 0.6) is 0 Å². The molecule has 0 unspecified atom stereocenters. The number of rotatable bonds is 3. The zero-order chi connectivity index (χ0) is 12.4. The van der Waals surface area contributed by atoms with Gasteiger partial charge in [0.05, 0.1) is 6.20 Å². The van der Waals surface area contributed by atoms with Crippen LogP contribution in [0.3, 0.4) is 0 Å². The summed E-state index contributed by atoms with van der Waals surface area (Å²) >= 11 is 0. The van der Waals surface area contributed by atoms with Crippen LogP contribution in [0.15, 0.2) is 22.7 Å². The average molecular weight is 242 g/mol. The highest BCUT2D eigenvalue weighted by molar-refractivity contribution is 5.56. The van der Waals surface area contributed by atoms with Gasteiger partial charge >= 0.3 is 0 Å². The Morgan fingerprint density at radius 2 is 1.82 bits per heavy atom. The standard InChI is InChI=1S/C11H9F3N2O/c12-7-3-6(4-8(13)11(7)14)9-5-16-10(17-9)1-2-15/h3-5H,1-2,15H2. The van der Waals surface area contributed by atoms with Crippen molar-refractivity contribution in [3.8, 4) is 11.3 Å². The van der Waals surface area contributed by atoms with Crippen molar-refractivity contribution in [1.82, 2.24) is 4.98 Å². The second-order valence-corrected chi connectivity index (χ2v) is 3.41. The molecule has 0 aliphatic carbocycles. The maximum Gasteiger partial charge on any atom is 0.196 e. The van der Waals surface area contributed by atoms with Crippen LogP contribution in [0, 0.1) is 17.5 Å². The number of nitrogens with zero attached hydrogens (tertiary/aromatic N) is 1. The molecule has 0 amide bonds. The largest absolute Gasteiger partial charge is 0.441 e. The van der Waals surface area contributed by atoms with Gasteiger partial charge in [0.25, 0.3) is 0 Å². The van der Waals surface area contributed by atoms with Gasteiger partial charge in [-0.1, -0.05) is 0 Å². The van der Waals surface area contributed by atoms with Crippen molar-refractivity contribution in [3.05, 3.63) is 41.7 Å². The molecule has 2 N–H and O–H groups in total. The summed E-state index contributed by atoms with van der Waals surface area (Å²) in [6.07, 6.45) is 1.74. The fourth-order valence-corrected chi connectivity index (χ4v) is 1.38. The fraction of sp³-hybridized carbons (Fsp3) is 0.182.